The molecule has 0 aliphatic rings. The van der Waals surface area contributed by atoms with Crippen molar-refractivity contribution in [3.05, 3.63) is 65.7 Å². The number of aromatic nitrogens is 5. The lowest BCUT2D eigenvalue weighted by atomic mass is 10.2. The highest BCUT2D eigenvalue weighted by Crippen LogP contribution is 2.15. The molecule has 0 amide bonds. The van der Waals surface area contributed by atoms with E-state index >= 15 is 0 Å². The van der Waals surface area contributed by atoms with E-state index in [1.165, 1.54) is 0 Å². The minimum atomic E-state index is 0.462. The van der Waals surface area contributed by atoms with Crippen molar-refractivity contribution in [1.29, 1.82) is 0 Å². The third-order valence-electron chi connectivity index (χ3n) is 3.86. The van der Waals surface area contributed by atoms with E-state index in [0.717, 1.165) is 35.7 Å². The summed E-state index contributed by atoms with van der Waals surface area (Å²) in [5, 5.41) is 17.4. The number of furan rings is 1. The van der Waals surface area contributed by atoms with Crippen LogP contribution in [0.5, 0.6) is 0 Å². The molecule has 0 saturated heterocycles. The van der Waals surface area contributed by atoms with E-state index in [0.29, 0.717) is 24.1 Å². The Labute approximate surface area is 155 Å². The highest BCUT2D eigenvalue weighted by molar-refractivity contribution is 5.52. The molecule has 0 aliphatic carbocycles. The predicted molar refractivity (Wildman–Crippen MR) is 98.6 cm³/mol. The molecule has 27 heavy (non-hydrogen) atoms. The number of aromatic amines is 1. The lowest BCUT2D eigenvalue weighted by molar-refractivity contribution is 0.384. The largest absolute Gasteiger partial charge is 0.469 e. The minimum Gasteiger partial charge on any atom is -0.469 e. The fourth-order valence-corrected chi connectivity index (χ4v) is 2.58. The molecule has 9 heteroatoms. The molecular formula is C18H19N7O2. The zero-order chi connectivity index (χ0) is 18.5. The van der Waals surface area contributed by atoms with Gasteiger partial charge in [0.15, 0.2) is 11.6 Å². The molecule has 138 valence electrons. The third kappa shape index (κ3) is 4.51. The van der Waals surface area contributed by atoms with Gasteiger partial charge in [-0.2, -0.15) is 10.1 Å². The van der Waals surface area contributed by atoms with Crippen molar-refractivity contribution < 1.29 is 8.94 Å². The molecule has 4 aromatic heterocycles. The summed E-state index contributed by atoms with van der Waals surface area (Å²) < 4.78 is 10.5. The lowest BCUT2D eigenvalue weighted by Crippen LogP contribution is -2.04. The van der Waals surface area contributed by atoms with Crippen molar-refractivity contribution in [3.63, 3.8) is 0 Å². The molecule has 0 aromatic carbocycles. The van der Waals surface area contributed by atoms with E-state index in [-0.39, 0.29) is 0 Å². The van der Waals surface area contributed by atoms with Gasteiger partial charge in [-0.15, -0.1) is 0 Å². The van der Waals surface area contributed by atoms with Gasteiger partial charge in [0.1, 0.15) is 11.6 Å². The van der Waals surface area contributed by atoms with Crippen molar-refractivity contribution in [1.82, 2.24) is 25.3 Å². The van der Waals surface area contributed by atoms with Crippen molar-refractivity contribution >= 4 is 17.6 Å². The molecule has 0 atom stereocenters. The van der Waals surface area contributed by atoms with Gasteiger partial charge in [0.05, 0.1) is 18.5 Å². The Hall–Kier alpha value is -3.62. The first-order valence-electron chi connectivity index (χ1n) is 8.57. The van der Waals surface area contributed by atoms with Crippen LogP contribution in [0.2, 0.25) is 0 Å². The summed E-state index contributed by atoms with van der Waals surface area (Å²) in [5.74, 6) is 3.50. The Kier molecular flexibility index (Phi) is 4.82. The normalized spacial score (nSPS) is 10.9. The summed E-state index contributed by atoms with van der Waals surface area (Å²) in [6, 6.07) is 9.45. The topological polar surface area (TPSA) is 118 Å². The summed E-state index contributed by atoms with van der Waals surface area (Å²) in [4.78, 5) is 8.62. The molecule has 4 aromatic rings. The molecule has 0 spiro atoms. The van der Waals surface area contributed by atoms with Crippen LogP contribution < -0.4 is 10.6 Å². The van der Waals surface area contributed by atoms with E-state index in [2.05, 4.69) is 36.0 Å². The molecule has 9 nitrogen and oxygen atoms in total. The maximum absolute atomic E-state index is 5.34. The monoisotopic (exact) mass is 365 g/mol. The van der Waals surface area contributed by atoms with Gasteiger partial charge in [-0.1, -0.05) is 5.16 Å². The second kappa shape index (κ2) is 7.73. The van der Waals surface area contributed by atoms with Gasteiger partial charge >= 0.3 is 0 Å². The van der Waals surface area contributed by atoms with Crippen molar-refractivity contribution in [2.75, 3.05) is 10.6 Å². The fraction of sp³-hybridized carbons (Fsp3) is 0.222. The Morgan fingerprint density at radius 3 is 2.89 bits per heavy atom. The molecule has 4 rings (SSSR count). The second-order valence-electron chi connectivity index (χ2n) is 6.04. The number of rotatable bonds is 8. The van der Waals surface area contributed by atoms with Crippen LogP contribution in [0, 0.1) is 6.92 Å². The van der Waals surface area contributed by atoms with Gasteiger partial charge in [0.25, 0.3) is 0 Å². The molecule has 0 aliphatic heterocycles. The first-order chi connectivity index (χ1) is 13.2. The zero-order valence-corrected chi connectivity index (χ0v) is 14.8. The van der Waals surface area contributed by atoms with E-state index in [4.69, 9.17) is 8.94 Å². The van der Waals surface area contributed by atoms with E-state index < -0.39 is 0 Å². The summed E-state index contributed by atoms with van der Waals surface area (Å²) in [5.41, 5.74) is 1.85. The van der Waals surface area contributed by atoms with Crippen molar-refractivity contribution in [2.45, 2.75) is 26.3 Å². The first kappa shape index (κ1) is 16.8. The van der Waals surface area contributed by atoms with Crippen LogP contribution in [-0.4, -0.2) is 25.3 Å². The minimum absolute atomic E-state index is 0.462. The van der Waals surface area contributed by atoms with Gasteiger partial charge in [-0.25, -0.2) is 4.98 Å². The summed E-state index contributed by atoms with van der Waals surface area (Å²) in [6.45, 7) is 2.34. The Bertz CT molecular complexity index is 991. The molecule has 0 saturated carbocycles. The van der Waals surface area contributed by atoms with Gasteiger partial charge in [0.2, 0.25) is 5.95 Å². The Morgan fingerprint density at radius 2 is 2.07 bits per heavy atom. The van der Waals surface area contributed by atoms with Gasteiger partial charge in [-0.3, -0.25) is 5.10 Å². The van der Waals surface area contributed by atoms with Gasteiger partial charge in [-0.05, 0) is 31.5 Å². The number of aryl methyl sites for hydroxylation is 3. The quantitative estimate of drug-likeness (QED) is 0.435. The predicted octanol–water partition coefficient (Wildman–Crippen LogP) is 3.23. The summed E-state index contributed by atoms with van der Waals surface area (Å²) in [7, 11) is 0. The average molecular weight is 365 g/mol. The van der Waals surface area contributed by atoms with Crippen LogP contribution in [0.4, 0.5) is 17.6 Å². The molecular weight excluding hydrogens is 346 g/mol. The summed E-state index contributed by atoms with van der Waals surface area (Å²) in [6.07, 6.45) is 4.99. The van der Waals surface area contributed by atoms with Crippen LogP contribution in [0.15, 0.2) is 51.7 Å². The van der Waals surface area contributed by atoms with Gasteiger partial charge in [0, 0.05) is 30.4 Å². The molecule has 4 heterocycles. The molecule has 0 bridgehead atoms. The molecule has 0 unspecified atom stereocenters. The van der Waals surface area contributed by atoms with Crippen LogP contribution in [0.1, 0.15) is 22.9 Å². The highest BCUT2D eigenvalue weighted by Gasteiger charge is 2.06. The molecule has 0 radical (unpaired) electrons. The van der Waals surface area contributed by atoms with E-state index in [1.54, 1.807) is 18.5 Å². The standard InChI is InChI=1S/C18H19N7O2/c1-12-9-15(27-25-12)11-20-18-19-7-6-16(22-18)21-17-10-13(23-24-17)4-5-14-3-2-8-26-14/h2-3,6-10H,4-5,11H2,1H3,(H3,19,20,21,22,23,24). The van der Waals surface area contributed by atoms with E-state index in [1.807, 2.05) is 31.2 Å². The molecule has 0 fully saturated rings. The third-order valence-corrected chi connectivity index (χ3v) is 3.86. The lowest BCUT2D eigenvalue weighted by Gasteiger charge is -2.05. The van der Waals surface area contributed by atoms with Crippen LogP contribution in [0.3, 0.4) is 0 Å². The zero-order valence-electron chi connectivity index (χ0n) is 14.8. The fourth-order valence-electron chi connectivity index (χ4n) is 2.58. The molecule has 3 N–H and O–H groups in total. The van der Waals surface area contributed by atoms with Gasteiger partial charge < -0.3 is 19.6 Å². The van der Waals surface area contributed by atoms with E-state index in [9.17, 15) is 0 Å². The van der Waals surface area contributed by atoms with Crippen LogP contribution in [0.25, 0.3) is 0 Å². The van der Waals surface area contributed by atoms with Crippen LogP contribution in [-0.2, 0) is 19.4 Å². The Balaban J connectivity index is 1.33. The number of hydrogen-bond acceptors (Lipinski definition) is 8. The second-order valence-corrected chi connectivity index (χ2v) is 6.04. The smallest absolute Gasteiger partial charge is 0.224 e. The maximum atomic E-state index is 5.34. The maximum Gasteiger partial charge on any atom is 0.224 e. The SMILES string of the molecule is Cc1cc(CNc2nccc(Nc3cc(CCc4ccco4)[nH]n3)n2)on1. The average Bonchev–Trinajstić information content (AvgIpc) is 3.41. The summed E-state index contributed by atoms with van der Waals surface area (Å²) >= 11 is 0. The Morgan fingerprint density at radius 1 is 1.11 bits per heavy atom. The van der Waals surface area contributed by atoms with Crippen LogP contribution >= 0.6 is 0 Å². The number of hydrogen-bond donors (Lipinski definition) is 3. The number of nitrogens with zero attached hydrogens (tertiary/aromatic N) is 4. The highest BCUT2D eigenvalue weighted by atomic mass is 16.5. The van der Waals surface area contributed by atoms with Crippen molar-refractivity contribution in [3.8, 4) is 0 Å². The number of anilines is 3. The number of nitrogens with one attached hydrogen (secondary N) is 3. The number of H-pyrrole nitrogens is 1. The van der Waals surface area contributed by atoms with Crippen molar-refractivity contribution in [2.24, 2.45) is 0 Å². The first-order valence-corrected chi connectivity index (χ1v) is 8.57.